The molecule has 1 aromatic carbocycles. The first-order valence-electron chi connectivity index (χ1n) is 8.14. The van der Waals surface area contributed by atoms with Crippen molar-refractivity contribution in [1.29, 1.82) is 0 Å². The minimum absolute atomic E-state index is 0.00138. The predicted molar refractivity (Wildman–Crippen MR) is 97.0 cm³/mol. The van der Waals surface area contributed by atoms with Crippen molar-refractivity contribution in [3.05, 3.63) is 59.4 Å². The van der Waals surface area contributed by atoms with Crippen molar-refractivity contribution < 1.29 is 19.5 Å². The number of hydrogen-bond acceptors (Lipinski definition) is 4. The maximum absolute atomic E-state index is 12.2. The molecular weight excluding hydrogens is 334 g/mol. The number of aromatic carboxylic acids is 1. The van der Waals surface area contributed by atoms with E-state index in [0.29, 0.717) is 12.2 Å². The van der Waals surface area contributed by atoms with Crippen LogP contribution in [0.5, 0.6) is 0 Å². The van der Waals surface area contributed by atoms with Crippen LogP contribution >= 0.6 is 0 Å². The fraction of sp³-hybridized carbons (Fsp3) is 0.263. The first-order valence-corrected chi connectivity index (χ1v) is 8.14. The van der Waals surface area contributed by atoms with Crippen molar-refractivity contribution in [2.45, 2.75) is 33.4 Å². The number of benzene rings is 1. The second kappa shape index (κ2) is 8.24. The number of carbonyl (C=O) groups is 3. The lowest BCUT2D eigenvalue weighted by Crippen LogP contribution is -2.34. The van der Waals surface area contributed by atoms with Gasteiger partial charge in [0.1, 0.15) is 5.69 Å². The monoisotopic (exact) mass is 355 g/mol. The fourth-order valence-electron chi connectivity index (χ4n) is 2.43. The molecule has 0 atom stereocenters. The summed E-state index contributed by atoms with van der Waals surface area (Å²) >= 11 is 0. The van der Waals surface area contributed by atoms with E-state index in [0.717, 1.165) is 5.56 Å². The molecule has 0 radical (unpaired) electrons. The molecule has 0 fully saturated rings. The average molecular weight is 355 g/mol. The number of rotatable bonds is 6. The molecule has 0 spiro atoms. The van der Waals surface area contributed by atoms with E-state index < -0.39 is 11.9 Å². The molecule has 2 amide bonds. The summed E-state index contributed by atoms with van der Waals surface area (Å²) < 4.78 is 0. The third kappa shape index (κ3) is 4.89. The molecule has 1 heterocycles. The number of aromatic nitrogens is 1. The van der Waals surface area contributed by atoms with Gasteiger partial charge >= 0.3 is 5.97 Å². The summed E-state index contributed by atoms with van der Waals surface area (Å²) in [6.45, 7) is 5.93. The number of carboxylic acid groups (broad SMARTS) is 1. The molecule has 2 aromatic rings. The molecule has 0 unspecified atom stereocenters. The smallest absolute Gasteiger partial charge is 0.335 e. The minimum Gasteiger partial charge on any atom is -0.478 e. The van der Waals surface area contributed by atoms with Crippen LogP contribution < -0.4 is 5.32 Å². The Bertz CT molecular complexity index is 816. The Kier molecular flexibility index (Phi) is 6.06. The Morgan fingerprint density at radius 2 is 1.81 bits per heavy atom. The van der Waals surface area contributed by atoms with Gasteiger partial charge in [0.25, 0.3) is 5.91 Å². The lowest BCUT2D eigenvalue weighted by Gasteiger charge is -2.25. The third-order valence-corrected chi connectivity index (χ3v) is 3.83. The topological polar surface area (TPSA) is 99.6 Å². The molecule has 0 bridgehead atoms. The van der Waals surface area contributed by atoms with E-state index in [1.54, 1.807) is 17.0 Å². The average Bonchev–Trinajstić information content (AvgIpc) is 2.60. The summed E-state index contributed by atoms with van der Waals surface area (Å²) in [7, 11) is 0. The van der Waals surface area contributed by atoms with Gasteiger partial charge in [-0.2, -0.15) is 0 Å². The molecule has 2 N–H and O–H groups in total. The van der Waals surface area contributed by atoms with Crippen LogP contribution in [0.25, 0.3) is 0 Å². The summed E-state index contributed by atoms with van der Waals surface area (Å²) in [5.74, 6) is -1.61. The Hall–Kier alpha value is -3.22. The van der Waals surface area contributed by atoms with Crippen molar-refractivity contribution in [3.8, 4) is 0 Å². The maximum atomic E-state index is 12.2. The van der Waals surface area contributed by atoms with E-state index in [2.05, 4.69) is 10.3 Å². The molecule has 26 heavy (non-hydrogen) atoms. The van der Waals surface area contributed by atoms with E-state index in [-0.39, 0.29) is 23.2 Å². The van der Waals surface area contributed by atoms with Gasteiger partial charge in [-0.05, 0) is 43.7 Å². The van der Waals surface area contributed by atoms with Crippen LogP contribution in [0.1, 0.15) is 47.2 Å². The van der Waals surface area contributed by atoms with Gasteiger partial charge in [-0.3, -0.25) is 14.6 Å². The van der Waals surface area contributed by atoms with Crippen LogP contribution in [-0.2, 0) is 11.3 Å². The highest BCUT2D eigenvalue weighted by molar-refractivity contribution is 6.04. The number of amides is 2. The summed E-state index contributed by atoms with van der Waals surface area (Å²) in [6.07, 6.45) is 1.28. The van der Waals surface area contributed by atoms with Crippen LogP contribution in [0, 0.1) is 0 Å². The Morgan fingerprint density at radius 1 is 1.15 bits per heavy atom. The number of nitrogens with zero attached hydrogens (tertiary/aromatic N) is 2. The van der Waals surface area contributed by atoms with Gasteiger partial charge in [0.2, 0.25) is 5.91 Å². The Balaban J connectivity index is 2.07. The van der Waals surface area contributed by atoms with E-state index >= 15 is 0 Å². The Labute approximate surface area is 151 Å². The van der Waals surface area contributed by atoms with Crippen molar-refractivity contribution >= 4 is 23.5 Å². The highest BCUT2D eigenvalue weighted by Gasteiger charge is 2.14. The summed E-state index contributed by atoms with van der Waals surface area (Å²) in [5.41, 5.74) is 1.52. The second-order valence-electron chi connectivity index (χ2n) is 6.13. The van der Waals surface area contributed by atoms with Crippen LogP contribution in [0.4, 0.5) is 5.69 Å². The number of hydrogen-bond donors (Lipinski definition) is 2. The predicted octanol–water partition coefficient (Wildman–Crippen LogP) is 2.79. The van der Waals surface area contributed by atoms with Gasteiger partial charge in [0, 0.05) is 31.4 Å². The number of anilines is 1. The molecule has 7 nitrogen and oxygen atoms in total. The molecule has 2 rings (SSSR count). The van der Waals surface area contributed by atoms with Crippen molar-refractivity contribution in [3.63, 3.8) is 0 Å². The number of pyridine rings is 1. The van der Waals surface area contributed by atoms with Gasteiger partial charge in [0.15, 0.2) is 0 Å². The fourth-order valence-corrected chi connectivity index (χ4v) is 2.43. The van der Waals surface area contributed by atoms with E-state index in [4.69, 9.17) is 5.11 Å². The third-order valence-electron chi connectivity index (χ3n) is 3.83. The first-order chi connectivity index (χ1) is 12.3. The standard InChI is InChI=1S/C19H21N3O4/c1-12(2)22(13(3)23)11-14-4-6-16(7-5-14)21-18(24)17-10-15(19(25)26)8-9-20-17/h4-10,12H,11H2,1-3H3,(H,21,24)(H,25,26). The number of carbonyl (C=O) groups excluding carboxylic acids is 2. The molecule has 1 aromatic heterocycles. The summed E-state index contributed by atoms with van der Waals surface area (Å²) in [4.78, 5) is 40.5. The quantitative estimate of drug-likeness (QED) is 0.830. The summed E-state index contributed by atoms with van der Waals surface area (Å²) in [5, 5.41) is 11.6. The van der Waals surface area contributed by atoms with Gasteiger partial charge in [0.05, 0.1) is 5.56 Å². The number of carboxylic acids is 1. The van der Waals surface area contributed by atoms with Crippen LogP contribution in [0.2, 0.25) is 0 Å². The lowest BCUT2D eigenvalue weighted by molar-refractivity contribution is -0.131. The van der Waals surface area contributed by atoms with Gasteiger partial charge in [-0.1, -0.05) is 12.1 Å². The van der Waals surface area contributed by atoms with Crippen molar-refractivity contribution in [2.75, 3.05) is 5.32 Å². The molecule has 0 aliphatic rings. The molecule has 0 saturated carbocycles. The second-order valence-corrected chi connectivity index (χ2v) is 6.13. The van der Waals surface area contributed by atoms with Crippen molar-refractivity contribution in [1.82, 2.24) is 9.88 Å². The van der Waals surface area contributed by atoms with Gasteiger partial charge in [-0.25, -0.2) is 4.79 Å². The van der Waals surface area contributed by atoms with Crippen molar-refractivity contribution in [2.24, 2.45) is 0 Å². The van der Waals surface area contributed by atoms with Crippen LogP contribution in [0.15, 0.2) is 42.6 Å². The van der Waals surface area contributed by atoms with E-state index in [9.17, 15) is 14.4 Å². The first kappa shape index (κ1) is 19.1. The van der Waals surface area contributed by atoms with Crippen LogP contribution in [-0.4, -0.2) is 38.8 Å². The largest absolute Gasteiger partial charge is 0.478 e. The Morgan fingerprint density at radius 3 is 2.35 bits per heavy atom. The SMILES string of the molecule is CC(=O)N(Cc1ccc(NC(=O)c2cc(C(=O)O)ccn2)cc1)C(C)C. The summed E-state index contributed by atoms with van der Waals surface area (Å²) in [6, 6.07) is 9.76. The molecule has 7 heteroatoms. The van der Waals surface area contributed by atoms with Crippen LogP contribution in [0.3, 0.4) is 0 Å². The highest BCUT2D eigenvalue weighted by Crippen LogP contribution is 2.14. The molecular formula is C19H21N3O4. The maximum Gasteiger partial charge on any atom is 0.335 e. The molecule has 136 valence electrons. The van der Waals surface area contributed by atoms with E-state index in [1.807, 2.05) is 26.0 Å². The zero-order chi connectivity index (χ0) is 19.3. The zero-order valence-electron chi connectivity index (χ0n) is 14.9. The molecule has 0 aliphatic heterocycles. The molecule has 0 saturated heterocycles. The lowest BCUT2D eigenvalue weighted by atomic mass is 10.1. The van der Waals surface area contributed by atoms with Gasteiger partial charge < -0.3 is 15.3 Å². The highest BCUT2D eigenvalue weighted by atomic mass is 16.4. The van der Waals surface area contributed by atoms with E-state index in [1.165, 1.54) is 25.3 Å². The zero-order valence-corrected chi connectivity index (χ0v) is 14.9. The minimum atomic E-state index is -1.12. The van der Waals surface area contributed by atoms with Gasteiger partial charge in [-0.15, -0.1) is 0 Å². The normalized spacial score (nSPS) is 10.5. The number of nitrogens with one attached hydrogen (secondary N) is 1. The molecule has 0 aliphatic carbocycles.